The molecule has 0 radical (unpaired) electrons. The Morgan fingerprint density at radius 1 is 1.14 bits per heavy atom. The van der Waals surface area contributed by atoms with Gasteiger partial charge in [0.25, 0.3) is 0 Å². The number of esters is 1. The van der Waals surface area contributed by atoms with Gasteiger partial charge in [-0.15, -0.1) is 0 Å². The Hall–Kier alpha value is -3.11. The zero-order valence-corrected chi connectivity index (χ0v) is 19.5. The van der Waals surface area contributed by atoms with E-state index in [1.165, 1.54) is 13.2 Å². The molecule has 1 amide bonds. The van der Waals surface area contributed by atoms with Crippen LogP contribution in [0.4, 0.5) is 13.2 Å². The van der Waals surface area contributed by atoms with E-state index >= 15 is 0 Å². The predicted molar refractivity (Wildman–Crippen MR) is 122 cm³/mol. The summed E-state index contributed by atoms with van der Waals surface area (Å²) in [5.74, 6) is 0.0553. The molecular weight excluding hydrogens is 465 g/mol. The number of alkyl halides is 3. The summed E-state index contributed by atoms with van der Waals surface area (Å²) in [5.41, 5.74) is 0.0707. The van der Waals surface area contributed by atoms with Gasteiger partial charge in [0.05, 0.1) is 30.9 Å². The summed E-state index contributed by atoms with van der Waals surface area (Å²) < 4.78 is 49.1. The van der Waals surface area contributed by atoms with Crippen LogP contribution in [0.3, 0.4) is 0 Å². The first-order valence-corrected chi connectivity index (χ1v) is 11.4. The third-order valence-electron chi connectivity index (χ3n) is 5.73. The van der Waals surface area contributed by atoms with Crippen LogP contribution in [0.25, 0.3) is 0 Å². The minimum Gasteiger partial charge on any atom is -0.492 e. The number of aliphatic hydroxyl groups excluding tert-OH is 1. The molecule has 1 fully saturated rings. The number of carbonyl (C=O) groups is 2. The number of carbonyl (C=O) groups excluding carboxylic acids is 2. The Morgan fingerprint density at radius 3 is 2.57 bits per heavy atom. The van der Waals surface area contributed by atoms with Crippen molar-refractivity contribution in [3.63, 3.8) is 0 Å². The first-order chi connectivity index (χ1) is 16.7. The van der Waals surface area contributed by atoms with Crippen molar-refractivity contribution in [3.05, 3.63) is 65.2 Å². The number of rotatable bonds is 10. The van der Waals surface area contributed by atoms with Crippen molar-refractivity contribution in [3.8, 4) is 5.75 Å². The standard InChI is InChI=1S/C25H29F3N2O5/c1-34-24(33)19-7-9-22(10-8-19)35-15-14-30-23(32)6-3-12-29(30)13-11-21(31)17-18-4-2-5-20(16-18)25(26,27)28/h2,4-5,7-10,16,21,31H,3,6,11-15,17H2,1H3. The molecule has 0 bridgehead atoms. The molecule has 1 heterocycles. The minimum absolute atomic E-state index is 0.0479. The van der Waals surface area contributed by atoms with Gasteiger partial charge >= 0.3 is 12.1 Å². The zero-order chi connectivity index (χ0) is 25.4. The number of methoxy groups -OCH3 is 1. The molecule has 3 rings (SSSR count). The number of ether oxygens (including phenoxy) is 2. The number of nitrogens with zero attached hydrogens (tertiary/aromatic N) is 2. The van der Waals surface area contributed by atoms with Gasteiger partial charge in [-0.3, -0.25) is 9.80 Å². The molecule has 190 valence electrons. The second-order valence-electron chi connectivity index (χ2n) is 8.28. The molecule has 1 N–H and O–H groups in total. The maximum atomic E-state index is 12.9. The van der Waals surface area contributed by atoms with E-state index in [1.807, 2.05) is 5.01 Å². The van der Waals surface area contributed by atoms with E-state index in [0.717, 1.165) is 12.1 Å². The number of amides is 1. The SMILES string of the molecule is COC(=O)c1ccc(OCCN2C(=O)CCCN2CCC(O)Cc2cccc(C(F)(F)F)c2)cc1. The number of hydrazine groups is 1. The van der Waals surface area contributed by atoms with Crippen molar-refractivity contribution in [1.82, 2.24) is 10.0 Å². The summed E-state index contributed by atoms with van der Waals surface area (Å²) in [7, 11) is 1.30. The summed E-state index contributed by atoms with van der Waals surface area (Å²) in [6.07, 6.45) is -3.78. The molecule has 0 spiro atoms. The number of hydrogen-bond donors (Lipinski definition) is 1. The molecule has 1 aliphatic heterocycles. The Bertz CT molecular complexity index is 997. The van der Waals surface area contributed by atoms with Gasteiger partial charge in [-0.1, -0.05) is 18.2 Å². The van der Waals surface area contributed by atoms with Crippen LogP contribution >= 0.6 is 0 Å². The zero-order valence-electron chi connectivity index (χ0n) is 19.5. The van der Waals surface area contributed by atoms with Gasteiger partial charge in [0.1, 0.15) is 12.4 Å². The monoisotopic (exact) mass is 494 g/mol. The minimum atomic E-state index is -4.43. The van der Waals surface area contributed by atoms with Gasteiger partial charge < -0.3 is 14.6 Å². The quantitative estimate of drug-likeness (QED) is 0.508. The van der Waals surface area contributed by atoms with Crippen molar-refractivity contribution in [2.24, 2.45) is 0 Å². The van der Waals surface area contributed by atoms with Gasteiger partial charge in [-0.05, 0) is 55.2 Å². The van der Waals surface area contributed by atoms with Crippen molar-refractivity contribution in [2.75, 3.05) is 33.4 Å². The fourth-order valence-electron chi connectivity index (χ4n) is 3.92. The van der Waals surface area contributed by atoms with Crippen LogP contribution in [0, 0.1) is 0 Å². The molecule has 0 aliphatic carbocycles. The second kappa shape index (κ2) is 12.0. The Balaban J connectivity index is 1.50. The number of halogens is 3. The third-order valence-corrected chi connectivity index (χ3v) is 5.73. The molecule has 35 heavy (non-hydrogen) atoms. The summed E-state index contributed by atoms with van der Waals surface area (Å²) >= 11 is 0. The van der Waals surface area contributed by atoms with Crippen LogP contribution in [0.2, 0.25) is 0 Å². The van der Waals surface area contributed by atoms with Gasteiger partial charge in [-0.25, -0.2) is 9.80 Å². The molecule has 1 unspecified atom stereocenters. The highest BCUT2D eigenvalue weighted by Gasteiger charge is 2.30. The van der Waals surface area contributed by atoms with E-state index in [0.29, 0.717) is 55.8 Å². The van der Waals surface area contributed by atoms with Gasteiger partial charge in [0, 0.05) is 19.5 Å². The maximum absolute atomic E-state index is 12.9. The smallest absolute Gasteiger partial charge is 0.416 e. The predicted octanol–water partition coefficient (Wildman–Crippen LogP) is 3.70. The van der Waals surface area contributed by atoms with E-state index in [1.54, 1.807) is 35.3 Å². The van der Waals surface area contributed by atoms with Crippen LogP contribution in [0.1, 0.15) is 40.7 Å². The van der Waals surface area contributed by atoms with Crippen LogP contribution in [-0.4, -0.2) is 66.5 Å². The fraction of sp³-hybridized carbons (Fsp3) is 0.440. The van der Waals surface area contributed by atoms with Crippen LogP contribution < -0.4 is 4.74 Å². The highest BCUT2D eigenvalue weighted by Crippen LogP contribution is 2.30. The van der Waals surface area contributed by atoms with E-state index in [9.17, 15) is 27.9 Å². The van der Waals surface area contributed by atoms with Crippen molar-refractivity contribution in [1.29, 1.82) is 0 Å². The lowest BCUT2D eigenvalue weighted by atomic mass is 10.0. The summed E-state index contributed by atoms with van der Waals surface area (Å²) in [4.78, 5) is 24.0. The van der Waals surface area contributed by atoms with E-state index in [-0.39, 0.29) is 18.9 Å². The molecular formula is C25H29F3N2O5. The van der Waals surface area contributed by atoms with Crippen molar-refractivity contribution < 1.29 is 37.3 Å². The fourth-order valence-corrected chi connectivity index (χ4v) is 3.92. The normalized spacial score (nSPS) is 15.7. The van der Waals surface area contributed by atoms with E-state index in [4.69, 9.17) is 4.74 Å². The first-order valence-electron chi connectivity index (χ1n) is 11.4. The van der Waals surface area contributed by atoms with E-state index < -0.39 is 23.8 Å². The van der Waals surface area contributed by atoms with Crippen molar-refractivity contribution >= 4 is 11.9 Å². The number of benzene rings is 2. The topological polar surface area (TPSA) is 79.3 Å². The highest BCUT2D eigenvalue weighted by molar-refractivity contribution is 5.89. The average Bonchev–Trinajstić information content (AvgIpc) is 2.83. The van der Waals surface area contributed by atoms with Crippen LogP contribution in [0.15, 0.2) is 48.5 Å². The summed E-state index contributed by atoms with van der Waals surface area (Å²) in [6.45, 7) is 1.56. The Labute approximate surface area is 202 Å². The largest absolute Gasteiger partial charge is 0.492 e. The lowest BCUT2D eigenvalue weighted by Crippen LogP contribution is -2.52. The molecule has 1 aliphatic rings. The van der Waals surface area contributed by atoms with Gasteiger partial charge in [0.15, 0.2) is 0 Å². The van der Waals surface area contributed by atoms with E-state index in [2.05, 4.69) is 4.74 Å². The van der Waals surface area contributed by atoms with Crippen LogP contribution in [-0.2, 0) is 22.1 Å². The first kappa shape index (κ1) is 26.5. The molecule has 10 heteroatoms. The second-order valence-corrected chi connectivity index (χ2v) is 8.28. The number of aliphatic hydroxyl groups is 1. The third kappa shape index (κ3) is 7.69. The van der Waals surface area contributed by atoms with Crippen LogP contribution in [0.5, 0.6) is 5.75 Å². The summed E-state index contributed by atoms with van der Waals surface area (Å²) in [5, 5.41) is 13.9. The Kier molecular flexibility index (Phi) is 9.11. The van der Waals surface area contributed by atoms with Crippen molar-refractivity contribution in [2.45, 2.75) is 38.0 Å². The molecule has 1 saturated heterocycles. The molecule has 1 atom stereocenters. The Morgan fingerprint density at radius 2 is 1.89 bits per heavy atom. The average molecular weight is 495 g/mol. The summed E-state index contributed by atoms with van der Waals surface area (Å²) in [6, 6.07) is 11.4. The lowest BCUT2D eigenvalue weighted by Gasteiger charge is -2.38. The molecule has 2 aromatic carbocycles. The van der Waals surface area contributed by atoms with Gasteiger partial charge in [-0.2, -0.15) is 13.2 Å². The molecule has 7 nitrogen and oxygen atoms in total. The lowest BCUT2D eigenvalue weighted by molar-refractivity contribution is -0.157. The molecule has 0 saturated carbocycles. The van der Waals surface area contributed by atoms with Gasteiger partial charge in [0.2, 0.25) is 5.91 Å². The maximum Gasteiger partial charge on any atom is 0.416 e. The molecule has 0 aromatic heterocycles. The molecule has 2 aromatic rings. The number of hydrogen-bond acceptors (Lipinski definition) is 6. The highest BCUT2D eigenvalue weighted by atomic mass is 19.4.